The summed E-state index contributed by atoms with van der Waals surface area (Å²) in [6, 6.07) is 16.4. The number of methoxy groups -OCH3 is 1. The van der Waals surface area contributed by atoms with Crippen molar-refractivity contribution in [3.05, 3.63) is 60.2 Å². The maximum absolute atomic E-state index is 12.1. The molecule has 0 saturated heterocycles. The van der Waals surface area contributed by atoms with Crippen LogP contribution in [0.2, 0.25) is 0 Å². The highest BCUT2D eigenvalue weighted by Crippen LogP contribution is 2.25. The van der Waals surface area contributed by atoms with E-state index >= 15 is 0 Å². The molecule has 0 bridgehead atoms. The number of hydrogen-bond acceptors (Lipinski definition) is 4. The van der Waals surface area contributed by atoms with Gasteiger partial charge in [0.15, 0.2) is 0 Å². The molecule has 2 aromatic rings. The standard InChI is InChI=1S/C17H18O4/c1-3-20-17(18)16(13-7-5-4-6-8-13)21-15-11-9-14(19-2)10-12-15/h4-12,16H,3H2,1-2H3. The molecule has 110 valence electrons. The van der Waals surface area contributed by atoms with Gasteiger partial charge in [-0.1, -0.05) is 30.3 Å². The minimum Gasteiger partial charge on any atom is -0.497 e. The van der Waals surface area contributed by atoms with Crippen molar-refractivity contribution in [1.29, 1.82) is 0 Å². The molecule has 0 aliphatic carbocycles. The van der Waals surface area contributed by atoms with Crippen LogP contribution in [0.5, 0.6) is 11.5 Å². The molecule has 2 aromatic carbocycles. The quantitative estimate of drug-likeness (QED) is 0.764. The Balaban J connectivity index is 2.21. The van der Waals surface area contributed by atoms with Crippen molar-refractivity contribution >= 4 is 5.97 Å². The third-order valence-corrected chi connectivity index (χ3v) is 2.92. The molecule has 4 nitrogen and oxygen atoms in total. The van der Waals surface area contributed by atoms with Crippen molar-refractivity contribution in [3.8, 4) is 11.5 Å². The zero-order chi connectivity index (χ0) is 15.1. The average molecular weight is 286 g/mol. The minimum atomic E-state index is -0.778. The van der Waals surface area contributed by atoms with Crippen molar-refractivity contribution in [1.82, 2.24) is 0 Å². The van der Waals surface area contributed by atoms with Crippen molar-refractivity contribution < 1.29 is 19.0 Å². The molecule has 0 aromatic heterocycles. The molecule has 0 fully saturated rings. The zero-order valence-electron chi connectivity index (χ0n) is 12.1. The Morgan fingerprint density at radius 1 is 1.00 bits per heavy atom. The van der Waals surface area contributed by atoms with Gasteiger partial charge in [-0.25, -0.2) is 4.79 Å². The van der Waals surface area contributed by atoms with Gasteiger partial charge in [0, 0.05) is 5.56 Å². The Kier molecular flexibility index (Phi) is 5.21. The van der Waals surface area contributed by atoms with Gasteiger partial charge in [0.05, 0.1) is 13.7 Å². The van der Waals surface area contributed by atoms with Crippen LogP contribution in [-0.4, -0.2) is 19.7 Å². The van der Waals surface area contributed by atoms with Crippen LogP contribution in [0, 0.1) is 0 Å². The van der Waals surface area contributed by atoms with Gasteiger partial charge in [-0.15, -0.1) is 0 Å². The molecule has 1 atom stereocenters. The fraction of sp³-hybridized carbons (Fsp3) is 0.235. The van der Waals surface area contributed by atoms with Crippen molar-refractivity contribution in [2.45, 2.75) is 13.0 Å². The number of carbonyl (C=O) groups excluding carboxylic acids is 1. The molecule has 0 aliphatic heterocycles. The van der Waals surface area contributed by atoms with Crippen molar-refractivity contribution in [2.75, 3.05) is 13.7 Å². The van der Waals surface area contributed by atoms with Gasteiger partial charge in [0.1, 0.15) is 11.5 Å². The second kappa shape index (κ2) is 7.33. The Morgan fingerprint density at radius 3 is 2.19 bits per heavy atom. The second-order valence-electron chi connectivity index (χ2n) is 4.34. The lowest BCUT2D eigenvalue weighted by molar-refractivity contribution is -0.151. The predicted octanol–water partition coefficient (Wildman–Crippen LogP) is 3.38. The molecule has 0 N–H and O–H groups in total. The monoisotopic (exact) mass is 286 g/mol. The summed E-state index contributed by atoms with van der Waals surface area (Å²) in [5.41, 5.74) is 0.756. The third-order valence-electron chi connectivity index (χ3n) is 2.92. The lowest BCUT2D eigenvalue weighted by Gasteiger charge is -2.18. The molecule has 4 heteroatoms. The van der Waals surface area contributed by atoms with Gasteiger partial charge in [-0.05, 0) is 31.2 Å². The van der Waals surface area contributed by atoms with E-state index in [-0.39, 0.29) is 0 Å². The molecule has 1 unspecified atom stereocenters. The minimum absolute atomic E-state index is 0.314. The van der Waals surface area contributed by atoms with Crippen molar-refractivity contribution in [2.24, 2.45) is 0 Å². The number of ether oxygens (including phenoxy) is 3. The molecular formula is C17H18O4. The van der Waals surface area contributed by atoms with Crippen LogP contribution < -0.4 is 9.47 Å². The van der Waals surface area contributed by atoms with Gasteiger partial charge in [0.2, 0.25) is 6.10 Å². The van der Waals surface area contributed by atoms with Crippen LogP contribution in [0.4, 0.5) is 0 Å². The van der Waals surface area contributed by atoms with Crippen LogP contribution in [0.3, 0.4) is 0 Å². The summed E-state index contributed by atoms with van der Waals surface area (Å²) in [5.74, 6) is 0.909. The van der Waals surface area contributed by atoms with E-state index < -0.39 is 12.1 Å². The topological polar surface area (TPSA) is 44.8 Å². The number of benzene rings is 2. The summed E-state index contributed by atoms with van der Waals surface area (Å²) < 4.78 is 16.0. The highest BCUT2D eigenvalue weighted by Gasteiger charge is 2.23. The highest BCUT2D eigenvalue weighted by atomic mass is 16.6. The largest absolute Gasteiger partial charge is 0.497 e. The van der Waals surface area contributed by atoms with Gasteiger partial charge < -0.3 is 14.2 Å². The molecule has 21 heavy (non-hydrogen) atoms. The molecule has 0 spiro atoms. The fourth-order valence-electron chi connectivity index (χ4n) is 1.89. The zero-order valence-corrected chi connectivity index (χ0v) is 12.1. The van der Waals surface area contributed by atoms with E-state index in [0.717, 1.165) is 11.3 Å². The Morgan fingerprint density at radius 2 is 1.62 bits per heavy atom. The maximum atomic E-state index is 12.1. The summed E-state index contributed by atoms with van der Waals surface area (Å²) in [6.45, 7) is 2.08. The number of carbonyl (C=O) groups is 1. The first-order valence-corrected chi connectivity index (χ1v) is 6.77. The maximum Gasteiger partial charge on any atom is 0.352 e. The first-order chi connectivity index (χ1) is 10.2. The highest BCUT2D eigenvalue weighted by molar-refractivity contribution is 5.77. The van der Waals surface area contributed by atoms with Gasteiger partial charge in [-0.3, -0.25) is 0 Å². The van der Waals surface area contributed by atoms with E-state index in [1.54, 1.807) is 38.3 Å². The predicted molar refractivity (Wildman–Crippen MR) is 79.4 cm³/mol. The third kappa shape index (κ3) is 3.99. The fourth-order valence-corrected chi connectivity index (χ4v) is 1.89. The molecule has 0 heterocycles. The van der Waals surface area contributed by atoms with Crippen LogP contribution in [0.1, 0.15) is 18.6 Å². The van der Waals surface area contributed by atoms with E-state index in [4.69, 9.17) is 14.2 Å². The molecular weight excluding hydrogens is 268 g/mol. The summed E-state index contributed by atoms with van der Waals surface area (Å²) in [6.07, 6.45) is -0.778. The number of esters is 1. The van der Waals surface area contributed by atoms with Crippen molar-refractivity contribution in [3.63, 3.8) is 0 Å². The smallest absolute Gasteiger partial charge is 0.352 e. The second-order valence-corrected chi connectivity index (χ2v) is 4.34. The van der Waals surface area contributed by atoms with E-state index in [1.807, 2.05) is 30.3 Å². The lowest BCUT2D eigenvalue weighted by Crippen LogP contribution is -2.21. The summed E-state index contributed by atoms with van der Waals surface area (Å²) >= 11 is 0. The van der Waals surface area contributed by atoms with E-state index in [0.29, 0.717) is 12.4 Å². The number of hydrogen-bond donors (Lipinski definition) is 0. The molecule has 0 saturated carbocycles. The average Bonchev–Trinajstić information content (AvgIpc) is 2.54. The van der Waals surface area contributed by atoms with E-state index in [1.165, 1.54) is 0 Å². The normalized spacial score (nSPS) is 11.5. The Hall–Kier alpha value is -2.49. The summed E-state index contributed by atoms with van der Waals surface area (Å²) in [7, 11) is 1.60. The first kappa shape index (κ1) is 14.9. The molecule has 2 rings (SSSR count). The van der Waals surface area contributed by atoms with E-state index in [9.17, 15) is 4.79 Å². The summed E-state index contributed by atoms with van der Waals surface area (Å²) in [4.78, 5) is 12.1. The molecule has 0 radical (unpaired) electrons. The summed E-state index contributed by atoms with van der Waals surface area (Å²) in [5, 5.41) is 0. The lowest BCUT2D eigenvalue weighted by atomic mass is 10.1. The van der Waals surface area contributed by atoms with Gasteiger partial charge >= 0.3 is 5.97 Å². The van der Waals surface area contributed by atoms with Crippen LogP contribution in [0.25, 0.3) is 0 Å². The molecule has 0 aliphatic rings. The number of rotatable bonds is 6. The van der Waals surface area contributed by atoms with E-state index in [2.05, 4.69) is 0 Å². The van der Waals surface area contributed by atoms with Crippen LogP contribution in [0.15, 0.2) is 54.6 Å². The van der Waals surface area contributed by atoms with Crippen LogP contribution >= 0.6 is 0 Å². The van der Waals surface area contributed by atoms with Crippen LogP contribution in [-0.2, 0) is 9.53 Å². The van der Waals surface area contributed by atoms with Gasteiger partial charge in [0.25, 0.3) is 0 Å². The Labute approximate surface area is 124 Å². The molecule has 0 amide bonds. The first-order valence-electron chi connectivity index (χ1n) is 6.77. The SMILES string of the molecule is CCOC(=O)C(Oc1ccc(OC)cc1)c1ccccc1. The van der Waals surface area contributed by atoms with Gasteiger partial charge in [-0.2, -0.15) is 0 Å². The Bertz CT molecular complexity index is 563.